The van der Waals surface area contributed by atoms with Crippen molar-refractivity contribution in [2.75, 3.05) is 25.6 Å². The lowest BCUT2D eigenvalue weighted by Gasteiger charge is -2.15. The number of aryl methyl sites for hydroxylation is 3. The molecule has 2 aromatic carbocycles. The van der Waals surface area contributed by atoms with Crippen LogP contribution in [0.4, 0.5) is 5.82 Å². The van der Waals surface area contributed by atoms with Crippen LogP contribution in [0.2, 0.25) is 0 Å². The number of benzene rings is 2. The normalized spacial score (nSPS) is 11.0. The third-order valence-corrected chi connectivity index (χ3v) is 5.32. The number of amides is 1. The number of rotatable bonds is 9. The summed E-state index contributed by atoms with van der Waals surface area (Å²) >= 11 is 3.48. The highest BCUT2D eigenvalue weighted by molar-refractivity contribution is 9.10. The fourth-order valence-corrected chi connectivity index (χ4v) is 3.62. The van der Waals surface area contributed by atoms with E-state index in [-0.39, 0.29) is 11.4 Å². The van der Waals surface area contributed by atoms with Crippen molar-refractivity contribution < 1.29 is 23.5 Å². The minimum Gasteiger partial charge on any atom is -0.493 e. The average molecular weight is 526 g/mol. The average Bonchev–Trinajstić information content (AvgIpc) is 3.22. The summed E-state index contributed by atoms with van der Waals surface area (Å²) in [6.45, 7) is 6.34. The molecule has 0 aliphatic carbocycles. The van der Waals surface area contributed by atoms with E-state index in [2.05, 4.69) is 26.4 Å². The van der Waals surface area contributed by atoms with E-state index in [1.165, 1.54) is 13.2 Å². The number of carbonyl (C=O) groups excluding carboxylic acids is 1. The second kappa shape index (κ2) is 11.4. The second-order valence-electron chi connectivity index (χ2n) is 7.45. The molecule has 8 nitrogen and oxygen atoms in total. The number of carbonyl (C=O) groups is 1. The van der Waals surface area contributed by atoms with E-state index in [1.807, 2.05) is 38.1 Å². The number of anilines is 1. The molecule has 1 N–H and O–H groups in total. The van der Waals surface area contributed by atoms with Gasteiger partial charge in [0.2, 0.25) is 0 Å². The predicted molar refractivity (Wildman–Crippen MR) is 131 cm³/mol. The van der Waals surface area contributed by atoms with E-state index in [0.29, 0.717) is 40.5 Å². The fourth-order valence-electron chi connectivity index (χ4n) is 3.05. The number of nitrogens with zero attached hydrogens (tertiary/aromatic N) is 2. The summed E-state index contributed by atoms with van der Waals surface area (Å²) in [6, 6.07) is 12.9. The summed E-state index contributed by atoms with van der Waals surface area (Å²) in [5.74, 6) is 1.92. The van der Waals surface area contributed by atoms with Gasteiger partial charge >= 0.3 is 0 Å². The minimum absolute atomic E-state index is 0.106. The van der Waals surface area contributed by atoms with Crippen molar-refractivity contribution >= 4 is 33.7 Å². The van der Waals surface area contributed by atoms with Crippen LogP contribution in [-0.2, 0) is 4.79 Å². The standard InChI is InChI=1S/C25H24BrN3O5/c1-15-5-6-16(2)21(9-15)32-7-8-33-24-20(26)12-18(13-22(24)31-4)11-19(14-27)25(30)28-23-10-17(3)34-29-23/h5-6,9-13H,7-8H2,1-4H3,(H,28,29,30). The number of aromatic nitrogens is 1. The van der Waals surface area contributed by atoms with Crippen LogP contribution < -0.4 is 19.5 Å². The van der Waals surface area contributed by atoms with Crippen molar-refractivity contribution in [1.82, 2.24) is 5.16 Å². The van der Waals surface area contributed by atoms with Crippen LogP contribution in [0, 0.1) is 32.1 Å². The van der Waals surface area contributed by atoms with Crippen molar-refractivity contribution in [3.63, 3.8) is 0 Å². The molecule has 0 spiro atoms. The van der Waals surface area contributed by atoms with Gasteiger partial charge in [-0.05, 0) is 77.7 Å². The first-order chi connectivity index (χ1) is 16.3. The Bertz CT molecular complexity index is 1260. The van der Waals surface area contributed by atoms with Gasteiger partial charge in [0.1, 0.15) is 36.4 Å². The van der Waals surface area contributed by atoms with Gasteiger partial charge < -0.3 is 24.1 Å². The van der Waals surface area contributed by atoms with Crippen molar-refractivity contribution in [3.05, 3.63) is 68.9 Å². The first kappa shape index (κ1) is 24.9. The summed E-state index contributed by atoms with van der Waals surface area (Å²) in [5.41, 5.74) is 2.64. The quantitative estimate of drug-likeness (QED) is 0.227. The van der Waals surface area contributed by atoms with Crippen molar-refractivity contribution in [2.45, 2.75) is 20.8 Å². The van der Waals surface area contributed by atoms with Gasteiger partial charge in [-0.1, -0.05) is 17.3 Å². The smallest absolute Gasteiger partial charge is 0.267 e. The Morgan fingerprint density at radius 1 is 1.15 bits per heavy atom. The molecule has 1 heterocycles. The van der Waals surface area contributed by atoms with Crippen LogP contribution in [0.15, 0.2) is 51.0 Å². The van der Waals surface area contributed by atoms with E-state index in [1.54, 1.807) is 25.1 Å². The number of nitrogens with one attached hydrogen (secondary N) is 1. The molecule has 3 rings (SSSR count). The van der Waals surface area contributed by atoms with Crippen LogP contribution in [0.1, 0.15) is 22.5 Å². The molecule has 0 saturated heterocycles. The molecular weight excluding hydrogens is 502 g/mol. The highest BCUT2D eigenvalue weighted by atomic mass is 79.9. The minimum atomic E-state index is -0.602. The van der Waals surface area contributed by atoms with Crippen LogP contribution in [-0.4, -0.2) is 31.4 Å². The Morgan fingerprint density at radius 2 is 1.91 bits per heavy atom. The largest absolute Gasteiger partial charge is 0.493 e. The van der Waals surface area contributed by atoms with Crippen molar-refractivity contribution in [3.8, 4) is 23.3 Å². The van der Waals surface area contributed by atoms with Gasteiger partial charge in [-0.2, -0.15) is 5.26 Å². The first-order valence-electron chi connectivity index (χ1n) is 10.4. The molecule has 34 heavy (non-hydrogen) atoms. The summed E-state index contributed by atoms with van der Waals surface area (Å²) in [7, 11) is 1.51. The SMILES string of the molecule is COc1cc(C=C(C#N)C(=O)Nc2cc(C)on2)cc(Br)c1OCCOc1cc(C)ccc1C. The zero-order valence-electron chi connectivity index (χ0n) is 19.3. The molecule has 0 aliphatic heterocycles. The highest BCUT2D eigenvalue weighted by Crippen LogP contribution is 2.37. The molecule has 0 saturated carbocycles. The lowest BCUT2D eigenvalue weighted by atomic mass is 10.1. The maximum atomic E-state index is 12.4. The van der Waals surface area contributed by atoms with Gasteiger partial charge in [0, 0.05) is 6.07 Å². The molecule has 0 radical (unpaired) electrons. The second-order valence-corrected chi connectivity index (χ2v) is 8.30. The summed E-state index contributed by atoms with van der Waals surface area (Å²) in [4.78, 5) is 12.4. The van der Waals surface area contributed by atoms with E-state index in [0.717, 1.165) is 16.9 Å². The molecule has 0 atom stereocenters. The Labute approximate surface area is 206 Å². The first-order valence-corrected chi connectivity index (χ1v) is 11.2. The van der Waals surface area contributed by atoms with Gasteiger partial charge in [0.25, 0.3) is 5.91 Å². The Hall–Kier alpha value is -3.77. The van der Waals surface area contributed by atoms with Crippen LogP contribution in [0.3, 0.4) is 0 Å². The monoisotopic (exact) mass is 525 g/mol. The third-order valence-electron chi connectivity index (χ3n) is 4.73. The molecule has 9 heteroatoms. The van der Waals surface area contributed by atoms with Gasteiger partial charge in [-0.25, -0.2) is 0 Å². The van der Waals surface area contributed by atoms with Gasteiger partial charge in [0.15, 0.2) is 17.3 Å². The molecule has 0 unspecified atom stereocenters. The molecule has 1 aromatic heterocycles. The number of nitriles is 1. The zero-order valence-corrected chi connectivity index (χ0v) is 20.9. The topological polar surface area (TPSA) is 107 Å². The number of halogens is 1. The fraction of sp³-hybridized carbons (Fsp3) is 0.240. The molecule has 1 amide bonds. The van der Waals surface area contributed by atoms with Crippen LogP contribution in [0.25, 0.3) is 6.08 Å². The van der Waals surface area contributed by atoms with E-state index in [9.17, 15) is 10.1 Å². The van der Waals surface area contributed by atoms with Gasteiger partial charge in [-0.3, -0.25) is 4.79 Å². The number of hydrogen-bond acceptors (Lipinski definition) is 7. The molecule has 0 bridgehead atoms. The van der Waals surface area contributed by atoms with Crippen molar-refractivity contribution in [2.24, 2.45) is 0 Å². The highest BCUT2D eigenvalue weighted by Gasteiger charge is 2.15. The van der Waals surface area contributed by atoms with Crippen LogP contribution >= 0.6 is 15.9 Å². The zero-order chi connectivity index (χ0) is 24.7. The Morgan fingerprint density at radius 3 is 2.59 bits per heavy atom. The van der Waals surface area contributed by atoms with E-state index >= 15 is 0 Å². The molecule has 3 aromatic rings. The molecular formula is C25H24BrN3O5. The van der Waals surface area contributed by atoms with E-state index < -0.39 is 5.91 Å². The van der Waals surface area contributed by atoms with E-state index in [4.69, 9.17) is 18.7 Å². The molecule has 0 aliphatic rings. The molecule has 0 fully saturated rings. The molecule has 176 valence electrons. The number of methoxy groups -OCH3 is 1. The predicted octanol–water partition coefficient (Wildman–Crippen LogP) is 5.37. The third kappa shape index (κ3) is 6.39. The lowest BCUT2D eigenvalue weighted by molar-refractivity contribution is -0.112. The maximum absolute atomic E-state index is 12.4. The summed E-state index contributed by atoms with van der Waals surface area (Å²) in [6.07, 6.45) is 1.45. The van der Waals surface area contributed by atoms with Crippen LogP contribution in [0.5, 0.6) is 17.2 Å². The van der Waals surface area contributed by atoms with Crippen molar-refractivity contribution in [1.29, 1.82) is 5.26 Å². The van der Waals surface area contributed by atoms with Gasteiger partial charge in [-0.15, -0.1) is 0 Å². The summed E-state index contributed by atoms with van der Waals surface area (Å²) < 4.78 is 22.7. The maximum Gasteiger partial charge on any atom is 0.267 e. The lowest BCUT2D eigenvalue weighted by Crippen LogP contribution is -2.13. The van der Waals surface area contributed by atoms with Gasteiger partial charge in [0.05, 0.1) is 11.6 Å². The summed E-state index contributed by atoms with van der Waals surface area (Å²) in [5, 5.41) is 15.7. The number of hydrogen-bond donors (Lipinski definition) is 1. The Kier molecular flexibility index (Phi) is 8.33. The Balaban J connectivity index is 1.69. The number of ether oxygens (including phenoxy) is 3.